The Hall–Kier alpha value is -2.32. The fourth-order valence-corrected chi connectivity index (χ4v) is 3.72. The van der Waals surface area contributed by atoms with Gasteiger partial charge in [0.15, 0.2) is 0 Å². The second kappa shape index (κ2) is 6.93. The maximum absolute atomic E-state index is 13.0. The van der Waals surface area contributed by atoms with Crippen LogP contribution in [0.2, 0.25) is 0 Å². The van der Waals surface area contributed by atoms with Crippen LogP contribution in [0.1, 0.15) is 45.7 Å². The molecule has 0 unspecified atom stereocenters. The molecule has 2 saturated heterocycles. The first kappa shape index (κ1) is 20.4. The number of halogens is 3. The van der Waals surface area contributed by atoms with Gasteiger partial charge in [0.2, 0.25) is 5.91 Å². The van der Waals surface area contributed by atoms with Crippen LogP contribution in [-0.2, 0) is 15.7 Å². The summed E-state index contributed by atoms with van der Waals surface area (Å²) in [4.78, 5) is 31.6. The minimum absolute atomic E-state index is 0.185. The van der Waals surface area contributed by atoms with Crippen molar-refractivity contribution in [1.82, 2.24) is 9.88 Å². The van der Waals surface area contributed by atoms with E-state index in [-0.39, 0.29) is 11.6 Å². The van der Waals surface area contributed by atoms with Gasteiger partial charge in [-0.2, -0.15) is 13.2 Å². The smallest absolute Gasteiger partial charge is 0.433 e. The molecule has 154 valence electrons. The zero-order valence-corrected chi connectivity index (χ0v) is 16.2. The lowest BCUT2D eigenvalue weighted by molar-refractivity contribution is -0.141. The third-order valence-corrected chi connectivity index (χ3v) is 5.23. The van der Waals surface area contributed by atoms with E-state index in [9.17, 15) is 22.8 Å². The van der Waals surface area contributed by atoms with Gasteiger partial charge in [0.25, 0.3) is 0 Å². The molecule has 0 aliphatic carbocycles. The molecule has 1 aromatic rings. The number of anilines is 1. The Morgan fingerprint density at radius 3 is 2.32 bits per heavy atom. The second-order valence-corrected chi connectivity index (χ2v) is 8.35. The zero-order chi connectivity index (χ0) is 20.7. The SMILES string of the molecule is CC(C)(C)OC(=O)N1CCC2(CC1)CCN(c1ccnc(C(F)(F)F)c1)C2=O. The van der Waals surface area contributed by atoms with Crippen LogP contribution in [0.4, 0.5) is 23.7 Å². The highest BCUT2D eigenvalue weighted by Crippen LogP contribution is 2.43. The maximum atomic E-state index is 13.0. The van der Waals surface area contributed by atoms with Gasteiger partial charge in [-0.15, -0.1) is 0 Å². The molecule has 0 saturated carbocycles. The zero-order valence-electron chi connectivity index (χ0n) is 16.2. The fraction of sp³-hybridized carbons (Fsp3) is 0.632. The molecule has 3 rings (SSSR count). The number of amides is 2. The third kappa shape index (κ3) is 4.07. The first-order valence-electron chi connectivity index (χ1n) is 9.24. The molecule has 9 heteroatoms. The molecule has 2 aliphatic rings. The minimum Gasteiger partial charge on any atom is -0.444 e. The monoisotopic (exact) mass is 399 g/mol. The highest BCUT2D eigenvalue weighted by atomic mass is 19.4. The molecule has 0 aromatic carbocycles. The van der Waals surface area contributed by atoms with E-state index in [1.54, 1.807) is 25.7 Å². The first-order chi connectivity index (χ1) is 12.9. The molecule has 0 bridgehead atoms. The van der Waals surface area contributed by atoms with Crippen LogP contribution in [-0.4, -0.2) is 47.1 Å². The molecule has 0 radical (unpaired) electrons. The van der Waals surface area contributed by atoms with E-state index in [2.05, 4.69) is 4.98 Å². The molecule has 0 N–H and O–H groups in total. The lowest BCUT2D eigenvalue weighted by Gasteiger charge is -2.38. The highest BCUT2D eigenvalue weighted by molar-refractivity contribution is 6.00. The number of alkyl halides is 3. The summed E-state index contributed by atoms with van der Waals surface area (Å²) in [6, 6.07) is 2.33. The molecule has 28 heavy (non-hydrogen) atoms. The van der Waals surface area contributed by atoms with Crippen molar-refractivity contribution in [3.05, 3.63) is 24.0 Å². The number of carbonyl (C=O) groups is 2. The van der Waals surface area contributed by atoms with E-state index in [0.29, 0.717) is 38.9 Å². The van der Waals surface area contributed by atoms with E-state index in [1.165, 1.54) is 11.0 Å². The number of carbonyl (C=O) groups excluding carboxylic acids is 2. The highest BCUT2D eigenvalue weighted by Gasteiger charge is 2.49. The average Bonchev–Trinajstić information content (AvgIpc) is 2.90. The molecule has 2 amide bonds. The van der Waals surface area contributed by atoms with Gasteiger partial charge in [-0.3, -0.25) is 9.78 Å². The van der Waals surface area contributed by atoms with Crippen LogP contribution in [0.25, 0.3) is 0 Å². The number of rotatable bonds is 1. The van der Waals surface area contributed by atoms with Gasteiger partial charge < -0.3 is 14.5 Å². The Bertz CT molecular complexity index is 766. The normalized spacial score (nSPS) is 20.0. The van der Waals surface area contributed by atoms with Crippen LogP contribution in [0, 0.1) is 5.41 Å². The quantitative estimate of drug-likeness (QED) is 0.720. The number of aromatic nitrogens is 1. The van der Waals surface area contributed by atoms with Gasteiger partial charge in [-0.25, -0.2) is 4.79 Å². The Morgan fingerprint density at radius 2 is 1.75 bits per heavy atom. The number of hydrogen-bond donors (Lipinski definition) is 0. The van der Waals surface area contributed by atoms with Crippen LogP contribution in [0.3, 0.4) is 0 Å². The summed E-state index contributed by atoms with van der Waals surface area (Å²) in [5.41, 5.74) is -2.04. The number of ether oxygens (including phenoxy) is 1. The maximum Gasteiger partial charge on any atom is 0.433 e. The lowest BCUT2D eigenvalue weighted by atomic mass is 9.77. The molecule has 0 atom stereocenters. The number of nitrogens with zero attached hydrogens (tertiary/aromatic N) is 3. The summed E-state index contributed by atoms with van der Waals surface area (Å²) in [6.07, 6.45) is -2.40. The van der Waals surface area contributed by atoms with E-state index >= 15 is 0 Å². The number of likely N-dealkylation sites (tertiary alicyclic amines) is 1. The van der Waals surface area contributed by atoms with Crippen LogP contribution in [0.15, 0.2) is 18.3 Å². The van der Waals surface area contributed by atoms with Crippen molar-refractivity contribution >= 4 is 17.7 Å². The number of piperidine rings is 1. The number of pyridine rings is 1. The van der Waals surface area contributed by atoms with Gasteiger partial charge in [-0.1, -0.05) is 0 Å². The molecule has 2 fully saturated rings. The summed E-state index contributed by atoms with van der Waals surface area (Å²) >= 11 is 0. The Labute approximate surface area is 161 Å². The Balaban J connectivity index is 1.69. The predicted molar refractivity (Wildman–Crippen MR) is 95.7 cm³/mol. The second-order valence-electron chi connectivity index (χ2n) is 8.35. The van der Waals surface area contributed by atoms with Crippen molar-refractivity contribution in [2.75, 3.05) is 24.5 Å². The molecule has 3 heterocycles. The standard InChI is InChI=1S/C19H24F3N3O3/c1-17(2,3)28-16(27)24-9-5-18(6-10-24)7-11-25(15(18)26)13-4-8-23-14(12-13)19(20,21)22/h4,8,12H,5-7,9-11H2,1-3H3. The molecule has 1 spiro atoms. The van der Waals surface area contributed by atoms with Gasteiger partial charge in [0, 0.05) is 31.5 Å². The van der Waals surface area contributed by atoms with Crippen LogP contribution >= 0.6 is 0 Å². The summed E-state index contributed by atoms with van der Waals surface area (Å²) in [5.74, 6) is -0.185. The van der Waals surface area contributed by atoms with E-state index < -0.39 is 29.0 Å². The summed E-state index contributed by atoms with van der Waals surface area (Å²) in [6.45, 7) is 6.50. The molecule has 1 aromatic heterocycles. The third-order valence-electron chi connectivity index (χ3n) is 5.23. The van der Waals surface area contributed by atoms with E-state index in [0.717, 1.165) is 12.3 Å². The Morgan fingerprint density at radius 1 is 1.14 bits per heavy atom. The van der Waals surface area contributed by atoms with Crippen molar-refractivity contribution in [2.45, 2.75) is 51.8 Å². The lowest BCUT2D eigenvalue weighted by Crippen LogP contribution is -2.48. The van der Waals surface area contributed by atoms with Crippen molar-refractivity contribution in [2.24, 2.45) is 5.41 Å². The predicted octanol–water partition coefficient (Wildman–Crippen LogP) is 3.85. The van der Waals surface area contributed by atoms with Gasteiger partial charge in [-0.05, 0) is 52.2 Å². The van der Waals surface area contributed by atoms with E-state index in [1.807, 2.05) is 0 Å². The summed E-state index contributed by atoms with van der Waals surface area (Å²) < 4.78 is 44.1. The molecular weight excluding hydrogens is 375 g/mol. The molecule has 6 nitrogen and oxygen atoms in total. The summed E-state index contributed by atoms with van der Waals surface area (Å²) in [7, 11) is 0. The largest absolute Gasteiger partial charge is 0.444 e. The number of hydrogen-bond acceptors (Lipinski definition) is 4. The minimum atomic E-state index is -4.56. The van der Waals surface area contributed by atoms with Gasteiger partial charge >= 0.3 is 12.3 Å². The molecule has 2 aliphatic heterocycles. The van der Waals surface area contributed by atoms with Crippen molar-refractivity contribution < 1.29 is 27.5 Å². The van der Waals surface area contributed by atoms with Crippen molar-refractivity contribution in [3.8, 4) is 0 Å². The van der Waals surface area contributed by atoms with Crippen molar-refractivity contribution in [1.29, 1.82) is 0 Å². The van der Waals surface area contributed by atoms with Gasteiger partial charge in [0.05, 0.1) is 5.41 Å². The van der Waals surface area contributed by atoms with Crippen LogP contribution < -0.4 is 4.90 Å². The fourth-order valence-electron chi connectivity index (χ4n) is 3.72. The Kier molecular flexibility index (Phi) is 5.05. The average molecular weight is 399 g/mol. The van der Waals surface area contributed by atoms with Gasteiger partial charge in [0.1, 0.15) is 11.3 Å². The van der Waals surface area contributed by atoms with E-state index in [4.69, 9.17) is 4.74 Å². The van der Waals surface area contributed by atoms with Crippen LogP contribution in [0.5, 0.6) is 0 Å². The summed E-state index contributed by atoms with van der Waals surface area (Å²) in [5, 5.41) is 0. The van der Waals surface area contributed by atoms with Crippen molar-refractivity contribution in [3.63, 3.8) is 0 Å². The molecular formula is C19H24F3N3O3. The topological polar surface area (TPSA) is 62.7 Å². The first-order valence-corrected chi connectivity index (χ1v) is 9.24.